The first-order valence-electron chi connectivity index (χ1n) is 8.91. The van der Waals surface area contributed by atoms with Crippen molar-refractivity contribution < 1.29 is 19.0 Å². The van der Waals surface area contributed by atoms with Crippen molar-refractivity contribution in [3.05, 3.63) is 17.5 Å². The molecule has 0 bridgehead atoms. The molecule has 0 N–H and O–H groups in total. The van der Waals surface area contributed by atoms with Gasteiger partial charge in [-0.3, -0.25) is 4.68 Å². The van der Waals surface area contributed by atoms with Crippen LogP contribution in [0, 0.1) is 6.92 Å². The second-order valence-electron chi connectivity index (χ2n) is 8.00. The van der Waals surface area contributed by atoms with Crippen LogP contribution in [-0.4, -0.2) is 59.8 Å². The molecule has 1 atom stereocenters. The van der Waals surface area contributed by atoms with E-state index >= 15 is 0 Å². The van der Waals surface area contributed by atoms with Crippen LogP contribution in [0.4, 0.5) is 4.79 Å². The highest BCUT2D eigenvalue weighted by Crippen LogP contribution is 2.43. The van der Waals surface area contributed by atoms with Gasteiger partial charge in [-0.05, 0) is 46.1 Å². The molecular formula is C18H29N3O4. The number of amides is 1. The molecule has 0 unspecified atom stereocenters. The van der Waals surface area contributed by atoms with Crippen molar-refractivity contribution in [2.24, 2.45) is 0 Å². The smallest absolute Gasteiger partial charge is 0.410 e. The number of ether oxygens (including phenoxy) is 3. The Morgan fingerprint density at radius 2 is 2.08 bits per heavy atom. The number of carbonyl (C=O) groups is 1. The first-order chi connectivity index (χ1) is 11.8. The van der Waals surface area contributed by atoms with Crippen LogP contribution in [0.15, 0.2) is 6.20 Å². The Bertz CT molecular complexity index is 627. The maximum Gasteiger partial charge on any atom is 0.410 e. The number of aryl methyl sites for hydroxylation is 1. The lowest BCUT2D eigenvalue weighted by Crippen LogP contribution is -2.51. The van der Waals surface area contributed by atoms with Crippen LogP contribution < -0.4 is 0 Å². The van der Waals surface area contributed by atoms with E-state index in [4.69, 9.17) is 14.2 Å². The third-order valence-corrected chi connectivity index (χ3v) is 4.89. The fraction of sp³-hybridized carbons (Fsp3) is 0.778. The van der Waals surface area contributed by atoms with Gasteiger partial charge in [0.25, 0.3) is 0 Å². The van der Waals surface area contributed by atoms with E-state index in [-0.39, 0.29) is 17.7 Å². The van der Waals surface area contributed by atoms with Crippen LogP contribution in [0.5, 0.6) is 0 Å². The highest BCUT2D eigenvalue weighted by molar-refractivity contribution is 5.68. The predicted molar refractivity (Wildman–Crippen MR) is 92.5 cm³/mol. The van der Waals surface area contributed by atoms with Gasteiger partial charge < -0.3 is 19.1 Å². The SMILES string of the molecule is COC[C@H]1COC2(CCN(C(=O)OC(C)(C)C)CC2)c2c(C)cnn21. The lowest BCUT2D eigenvalue weighted by atomic mass is 9.84. The summed E-state index contributed by atoms with van der Waals surface area (Å²) in [5, 5.41) is 4.56. The molecule has 2 aliphatic heterocycles. The van der Waals surface area contributed by atoms with Crippen LogP contribution in [0.3, 0.4) is 0 Å². The van der Waals surface area contributed by atoms with Gasteiger partial charge in [0, 0.05) is 20.2 Å². The fourth-order valence-corrected chi connectivity index (χ4v) is 3.76. The summed E-state index contributed by atoms with van der Waals surface area (Å²) in [7, 11) is 1.69. The van der Waals surface area contributed by atoms with Gasteiger partial charge in [0.1, 0.15) is 11.2 Å². The zero-order chi connectivity index (χ0) is 18.2. The second kappa shape index (κ2) is 6.61. The number of piperidine rings is 1. The Labute approximate surface area is 149 Å². The lowest BCUT2D eigenvalue weighted by Gasteiger charge is -2.46. The molecule has 0 aliphatic carbocycles. The monoisotopic (exact) mass is 351 g/mol. The Hall–Kier alpha value is -1.60. The largest absolute Gasteiger partial charge is 0.444 e. The minimum absolute atomic E-state index is 0.100. The highest BCUT2D eigenvalue weighted by atomic mass is 16.6. The van der Waals surface area contributed by atoms with Crippen molar-refractivity contribution in [2.45, 2.75) is 57.8 Å². The van der Waals surface area contributed by atoms with Crippen molar-refractivity contribution >= 4 is 6.09 Å². The van der Waals surface area contributed by atoms with Gasteiger partial charge in [-0.25, -0.2) is 4.79 Å². The molecule has 25 heavy (non-hydrogen) atoms. The van der Waals surface area contributed by atoms with Gasteiger partial charge in [-0.2, -0.15) is 5.10 Å². The molecule has 7 heteroatoms. The van der Waals surface area contributed by atoms with Gasteiger partial charge in [-0.1, -0.05) is 0 Å². The van der Waals surface area contributed by atoms with Gasteiger partial charge in [0.2, 0.25) is 0 Å². The van der Waals surface area contributed by atoms with E-state index in [0.29, 0.717) is 26.3 Å². The summed E-state index contributed by atoms with van der Waals surface area (Å²) in [6.07, 6.45) is 3.15. The molecule has 0 radical (unpaired) electrons. The molecule has 0 saturated carbocycles. The molecule has 3 heterocycles. The summed E-state index contributed by atoms with van der Waals surface area (Å²) in [5.41, 5.74) is 1.41. The third kappa shape index (κ3) is 3.53. The van der Waals surface area contributed by atoms with E-state index in [1.165, 1.54) is 0 Å². The number of aromatic nitrogens is 2. The Morgan fingerprint density at radius 3 is 2.68 bits per heavy atom. The third-order valence-electron chi connectivity index (χ3n) is 4.89. The Kier molecular flexibility index (Phi) is 4.81. The quantitative estimate of drug-likeness (QED) is 0.819. The standard InChI is InChI=1S/C18H29N3O4/c1-13-10-19-21-14(11-23-5)12-24-18(15(13)21)6-8-20(9-7-18)16(22)25-17(2,3)4/h10,14H,6-9,11-12H2,1-5H3/t14-/m0/s1. The van der Waals surface area contributed by atoms with Crippen molar-refractivity contribution in [3.63, 3.8) is 0 Å². The van der Waals surface area contributed by atoms with E-state index in [1.54, 1.807) is 12.0 Å². The van der Waals surface area contributed by atoms with Gasteiger partial charge >= 0.3 is 6.09 Å². The number of methoxy groups -OCH3 is 1. The summed E-state index contributed by atoms with van der Waals surface area (Å²) in [6, 6.07) is 0.100. The van der Waals surface area contributed by atoms with E-state index < -0.39 is 5.60 Å². The summed E-state index contributed by atoms with van der Waals surface area (Å²) in [5.74, 6) is 0. The summed E-state index contributed by atoms with van der Waals surface area (Å²) < 4.78 is 19.2. The number of carbonyl (C=O) groups excluding carboxylic acids is 1. The molecule has 3 rings (SSSR count). The summed E-state index contributed by atoms with van der Waals surface area (Å²) in [4.78, 5) is 14.1. The first kappa shape index (κ1) is 18.2. The van der Waals surface area contributed by atoms with Crippen LogP contribution in [0.2, 0.25) is 0 Å². The Balaban J connectivity index is 1.75. The number of nitrogens with zero attached hydrogens (tertiary/aromatic N) is 3. The summed E-state index contributed by atoms with van der Waals surface area (Å²) in [6.45, 7) is 10.1. The van der Waals surface area contributed by atoms with E-state index in [9.17, 15) is 4.79 Å². The zero-order valence-electron chi connectivity index (χ0n) is 15.9. The van der Waals surface area contributed by atoms with Crippen molar-refractivity contribution in [3.8, 4) is 0 Å². The number of hydrogen-bond donors (Lipinski definition) is 0. The minimum Gasteiger partial charge on any atom is -0.444 e. The van der Waals surface area contributed by atoms with Gasteiger partial charge in [-0.15, -0.1) is 0 Å². The molecule has 2 aliphatic rings. The van der Waals surface area contributed by atoms with Crippen molar-refractivity contribution in [1.82, 2.24) is 14.7 Å². The molecule has 140 valence electrons. The van der Waals surface area contributed by atoms with Crippen LogP contribution >= 0.6 is 0 Å². The molecule has 1 saturated heterocycles. The molecule has 1 amide bonds. The van der Waals surface area contributed by atoms with E-state index in [2.05, 4.69) is 16.7 Å². The lowest BCUT2D eigenvalue weighted by molar-refractivity contribution is -0.131. The summed E-state index contributed by atoms with van der Waals surface area (Å²) >= 11 is 0. The van der Waals surface area contributed by atoms with Crippen molar-refractivity contribution in [1.29, 1.82) is 0 Å². The number of fused-ring (bicyclic) bond motifs is 2. The second-order valence-corrected chi connectivity index (χ2v) is 8.00. The number of likely N-dealkylation sites (tertiary alicyclic amines) is 1. The number of rotatable bonds is 2. The van der Waals surface area contributed by atoms with Crippen LogP contribution in [0.1, 0.15) is 50.9 Å². The minimum atomic E-state index is -0.476. The molecule has 1 fully saturated rings. The average molecular weight is 351 g/mol. The highest BCUT2D eigenvalue weighted by Gasteiger charge is 2.46. The number of hydrogen-bond acceptors (Lipinski definition) is 5. The van der Waals surface area contributed by atoms with Crippen molar-refractivity contribution in [2.75, 3.05) is 33.4 Å². The van der Waals surface area contributed by atoms with E-state index in [1.807, 2.05) is 27.0 Å². The normalized spacial score (nSPS) is 22.8. The molecule has 1 aromatic heterocycles. The maximum atomic E-state index is 12.3. The average Bonchev–Trinajstić information content (AvgIpc) is 2.93. The first-order valence-corrected chi connectivity index (χ1v) is 8.91. The molecular weight excluding hydrogens is 322 g/mol. The molecule has 7 nitrogen and oxygen atoms in total. The van der Waals surface area contributed by atoms with Gasteiger partial charge in [0.05, 0.1) is 31.1 Å². The fourth-order valence-electron chi connectivity index (χ4n) is 3.76. The Morgan fingerprint density at radius 1 is 1.40 bits per heavy atom. The van der Waals surface area contributed by atoms with Crippen LogP contribution in [0.25, 0.3) is 0 Å². The predicted octanol–water partition coefficient (Wildman–Crippen LogP) is 2.64. The molecule has 1 spiro atoms. The van der Waals surface area contributed by atoms with Gasteiger partial charge in [0.15, 0.2) is 0 Å². The maximum absolute atomic E-state index is 12.3. The van der Waals surface area contributed by atoms with Crippen LogP contribution in [-0.2, 0) is 19.8 Å². The topological polar surface area (TPSA) is 65.8 Å². The zero-order valence-corrected chi connectivity index (χ0v) is 15.9. The molecule has 0 aromatic carbocycles. The van der Waals surface area contributed by atoms with E-state index in [0.717, 1.165) is 24.1 Å². The molecule has 1 aromatic rings.